The molecule has 0 heterocycles. The topological polar surface area (TPSA) is 108 Å². The van der Waals surface area contributed by atoms with Crippen molar-refractivity contribution in [1.29, 1.82) is 0 Å². The van der Waals surface area contributed by atoms with Gasteiger partial charge in [-0.2, -0.15) is 0 Å². The Hall–Kier alpha value is -3.26. The van der Waals surface area contributed by atoms with Crippen molar-refractivity contribution in [2.75, 3.05) is 11.9 Å². The maximum absolute atomic E-state index is 14.0. The van der Waals surface area contributed by atoms with Crippen LogP contribution in [0.25, 0.3) is 0 Å². The average Bonchev–Trinajstić information content (AvgIpc) is 2.78. The van der Waals surface area contributed by atoms with Crippen molar-refractivity contribution < 1.29 is 24.2 Å². The lowest BCUT2D eigenvalue weighted by molar-refractivity contribution is -0.141. The van der Waals surface area contributed by atoms with E-state index in [1.165, 1.54) is 17.0 Å². The smallest absolute Gasteiger partial charge is 0.408 e. The molecule has 37 heavy (non-hydrogen) atoms. The molecule has 0 radical (unpaired) electrons. The first-order chi connectivity index (χ1) is 17.2. The lowest BCUT2D eigenvalue weighted by atomic mass is 9.98. The van der Waals surface area contributed by atoms with E-state index in [0.717, 1.165) is 5.56 Å². The number of aromatic hydroxyl groups is 1. The van der Waals surface area contributed by atoms with Crippen LogP contribution in [0, 0.1) is 12.8 Å². The van der Waals surface area contributed by atoms with E-state index in [2.05, 4.69) is 10.6 Å². The van der Waals surface area contributed by atoms with Gasteiger partial charge in [0.15, 0.2) is 0 Å². The number of nitrogens with one attached hydrogen (secondary N) is 2. The number of hydrogen-bond acceptors (Lipinski definition) is 5. The summed E-state index contributed by atoms with van der Waals surface area (Å²) in [4.78, 5) is 41.7. The van der Waals surface area contributed by atoms with Crippen molar-refractivity contribution in [3.05, 3.63) is 58.6 Å². The summed E-state index contributed by atoms with van der Waals surface area (Å²) < 4.78 is 5.37. The van der Waals surface area contributed by atoms with Crippen LogP contribution in [-0.2, 0) is 14.3 Å². The van der Waals surface area contributed by atoms with E-state index in [4.69, 9.17) is 16.3 Å². The quantitative estimate of drug-likeness (QED) is 0.378. The molecule has 2 rings (SSSR count). The van der Waals surface area contributed by atoms with Crippen LogP contribution in [0.1, 0.15) is 65.1 Å². The third-order valence-electron chi connectivity index (χ3n) is 5.57. The lowest BCUT2D eigenvalue weighted by Crippen LogP contribution is -2.54. The van der Waals surface area contributed by atoms with Crippen LogP contribution in [0.3, 0.4) is 0 Å². The molecule has 202 valence electrons. The van der Waals surface area contributed by atoms with Crippen LogP contribution >= 0.6 is 11.6 Å². The van der Waals surface area contributed by atoms with E-state index in [9.17, 15) is 19.5 Å². The van der Waals surface area contributed by atoms with Gasteiger partial charge in [-0.1, -0.05) is 56.6 Å². The second-order valence-corrected chi connectivity index (χ2v) is 10.7. The molecule has 0 aliphatic heterocycles. The Labute approximate surface area is 224 Å². The molecule has 3 N–H and O–H groups in total. The molecule has 0 aliphatic carbocycles. The molecular formula is C28H38ClN3O5. The summed E-state index contributed by atoms with van der Waals surface area (Å²) in [7, 11) is 0. The number of phenols is 1. The normalized spacial score (nSPS) is 13.0. The molecule has 0 spiro atoms. The fraction of sp³-hybridized carbons (Fsp3) is 0.464. The summed E-state index contributed by atoms with van der Waals surface area (Å²) in [6, 6.07) is 9.44. The largest absolute Gasteiger partial charge is 0.508 e. The molecule has 2 aromatic carbocycles. The van der Waals surface area contributed by atoms with Crippen LogP contribution in [-0.4, -0.2) is 46.1 Å². The number of aryl methyl sites for hydroxylation is 1. The maximum Gasteiger partial charge on any atom is 0.408 e. The van der Waals surface area contributed by atoms with Gasteiger partial charge in [-0.05, 0) is 69.4 Å². The number of para-hydroxylation sites is 1. The number of rotatable bonds is 9. The van der Waals surface area contributed by atoms with E-state index in [-0.39, 0.29) is 18.2 Å². The number of alkyl carbamates (subject to hydrolysis) is 1. The summed E-state index contributed by atoms with van der Waals surface area (Å²) in [6.07, 6.45) is -0.169. The number of carbonyl (C=O) groups is 3. The van der Waals surface area contributed by atoms with Gasteiger partial charge in [0.1, 0.15) is 23.4 Å². The highest BCUT2D eigenvalue weighted by molar-refractivity contribution is 6.34. The molecule has 9 heteroatoms. The summed E-state index contributed by atoms with van der Waals surface area (Å²) in [6.45, 7) is 12.8. The van der Waals surface area contributed by atoms with Gasteiger partial charge >= 0.3 is 6.09 Å². The van der Waals surface area contributed by atoms with Crippen molar-refractivity contribution in [2.24, 2.45) is 5.92 Å². The molecule has 0 aliphatic rings. The third-order valence-corrected chi connectivity index (χ3v) is 5.88. The minimum Gasteiger partial charge on any atom is -0.508 e. The highest BCUT2D eigenvalue weighted by Crippen LogP contribution is 2.31. The monoisotopic (exact) mass is 531 g/mol. The minimum absolute atomic E-state index is 0.0413. The standard InChI is InChI=1S/C28H38ClN3O5/c1-8-15-32(26(35)22(17(2)3)31-27(36)37-28(5,6)7)24(19-12-10-13-20(33)16-19)25(34)30-23-18(4)11-9-14-21(23)29/h9-14,16-17,22,24,33H,8,15H2,1-7H3,(H,30,34)(H,31,36). The van der Waals surface area contributed by atoms with Gasteiger partial charge in [0.2, 0.25) is 5.91 Å². The zero-order valence-corrected chi connectivity index (χ0v) is 23.3. The van der Waals surface area contributed by atoms with Crippen LogP contribution < -0.4 is 10.6 Å². The number of phenolic OH excluding ortho intramolecular Hbond substituents is 1. The molecule has 2 atom stereocenters. The van der Waals surface area contributed by atoms with Crippen molar-refractivity contribution in [3.63, 3.8) is 0 Å². The summed E-state index contributed by atoms with van der Waals surface area (Å²) in [5.41, 5.74) is 0.879. The number of nitrogens with zero attached hydrogens (tertiary/aromatic N) is 1. The molecule has 3 amide bonds. The summed E-state index contributed by atoms with van der Waals surface area (Å²) in [5.74, 6) is -1.27. The lowest BCUT2D eigenvalue weighted by Gasteiger charge is -2.35. The Kier molecular flexibility index (Phi) is 10.4. The molecule has 0 saturated carbocycles. The van der Waals surface area contributed by atoms with Gasteiger partial charge in [0.05, 0.1) is 10.7 Å². The van der Waals surface area contributed by atoms with Crippen LogP contribution in [0.5, 0.6) is 5.75 Å². The molecule has 0 bridgehead atoms. The number of hydrogen-bond donors (Lipinski definition) is 3. The second-order valence-electron chi connectivity index (χ2n) is 10.3. The number of ether oxygens (including phenoxy) is 1. The fourth-order valence-corrected chi connectivity index (χ4v) is 4.15. The molecule has 8 nitrogen and oxygen atoms in total. The highest BCUT2D eigenvalue weighted by atomic mass is 35.5. The minimum atomic E-state index is -1.10. The van der Waals surface area contributed by atoms with Crippen LogP contribution in [0.2, 0.25) is 5.02 Å². The van der Waals surface area contributed by atoms with Gasteiger partial charge in [-0.25, -0.2) is 4.79 Å². The van der Waals surface area contributed by atoms with E-state index >= 15 is 0 Å². The number of benzene rings is 2. The molecule has 0 aromatic heterocycles. The van der Waals surface area contributed by atoms with Crippen molar-refractivity contribution >= 4 is 35.2 Å². The fourth-order valence-electron chi connectivity index (χ4n) is 3.88. The molecule has 2 aromatic rings. The van der Waals surface area contributed by atoms with Crippen molar-refractivity contribution in [1.82, 2.24) is 10.2 Å². The Morgan fingerprint density at radius 1 is 1.11 bits per heavy atom. The van der Waals surface area contributed by atoms with Crippen LogP contribution in [0.15, 0.2) is 42.5 Å². The highest BCUT2D eigenvalue weighted by Gasteiger charge is 2.37. The number of amides is 3. The second kappa shape index (κ2) is 12.8. The van der Waals surface area contributed by atoms with E-state index in [1.807, 2.05) is 19.9 Å². The predicted octanol–water partition coefficient (Wildman–Crippen LogP) is 5.82. The Bertz CT molecular complexity index is 1090. The first-order valence-electron chi connectivity index (χ1n) is 12.4. The number of halogens is 1. The van der Waals surface area contributed by atoms with Crippen molar-refractivity contribution in [2.45, 2.75) is 72.6 Å². The SMILES string of the molecule is CCCN(C(=O)C(NC(=O)OC(C)(C)C)C(C)C)C(C(=O)Nc1c(C)cccc1Cl)c1cccc(O)c1. The molecular weight excluding hydrogens is 494 g/mol. The Balaban J connectivity index is 2.53. The Morgan fingerprint density at radius 3 is 2.30 bits per heavy atom. The molecule has 0 saturated heterocycles. The van der Waals surface area contributed by atoms with Crippen molar-refractivity contribution in [3.8, 4) is 5.75 Å². The molecule has 2 unspecified atom stereocenters. The summed E-state index contributed by atoms with van der Waals surface area (Å²) in [5, 5.41) is 16.1. The van der Waals surface area contributed by atoms with Gasteiger partial charge in [-0.3, -0.25) is 9.59 Å². The average molecular weight is 532 g/mol. The molecule has 0 fully saturated rings. The van der Waals surface area contributed by atoms with E-state index in [1.54, 1.807) is 58.9 Å². The zero-order chi connectivity index (χ0) is 27.9. The first kappa shape index (κ1) is 30.0. The van der Waals surface area contributed by atoms with Gasteiger partial charge in [0.25, 0.3) is 5.91 Å². The number of carbonyl (C=O) groups excluding carboxylic acids is 3. The number of anilines is 1. The van der Waals surface area contributed by atoms with E-state index in [0.29, 0.717) is 22.7 Å². The maximum atomic E-state index is 14.0. The summed E-state index contributed by atoms with van der Waals surface area (Å²) >= 11 is 6.36. The predicted molar refractivity (Wildman–Crippen MR) is 146 cm³/mol. The third kappa shape index (κ3) is 8.39. The van der Waals surface area contributed by atoms with E-state index < -0.39 is 35.6 Å². The van der Waals surface area contributed by atoms with Gasteiger partial charge < -0.3 is 25.4 Å². The van der Waals surface area contributed by atoms with Gasteiger partial charge in [0, 0.05) is 6.54 Å². The Morgan fingerprint density at radius 2 is 1.76 bits per heavy atom. The van der Waals surface area contributed by atoms with Gasteiger partial charge in [-0.15, -0.1) is 0 Å². The first-order valence-corrected chi connectivity index (χ1v) is 12.8. The zero-order valence-electron chi connectivity index (χ0n) is 22.6. The van der Waals surface area contributed by atoms with Crippen LogP contribution in [0.4, 0.5) is 10.5 Å².